The second-order valence-corrected chi connectivity index (χ2v) is 2.74. The summed E-state index contributed by atoms with van der Waals surface area (Å²) in [5.41, 5.74) is 0.168. The van der Waals surface area contributed by atoms with Crippen molar-refractivity contribution in [1.82, 2.24) is 0 Å². The van der Waals surface area contributed by atoms with Crippen molar-refractivity contribution in [1.29, 1.82) is 0 Å². The third-order valence-electron chi connectivity index (χ3n) is 1.60. The highest BCUT2D eigenvalue weighted by Gasteiger charge is 2.07. The van der Waals surface area contributed by atoms with E-state index >= 15 is 0 Å². The van der Waals surface area contributed by atoms with Gasteiger partial charge in [-0.2, -0.15) is 0 Å². The van der Waals surface area contributed by atoms with Crippen molar-refractivity contribution in [3.05, 3.63) is 39.9 Å². The van der Waals surface area contributed by atoms with Crippen LogP contribution < -0.4 is 0 Å². The maximum absolute atomic E-state index is 11.3. The molecule has 0 atom stereocenters. The molecule has 0 aliphatic rings. The van der Waals surface area contributed by atoms with Gasteiger partial charge in [0.1, 0.15) is 19.0 Å². The van der Waals surface area contributed by atoms with Crippen LogP contribution >= 0.6 is 0 Å². The van der Waals surface area contributed by atoms with Gasteiger partial charge in [0.25, 0.3) is 5.09 Å². The average molecular weight is 227 g/mol. The van der Waals surface area contributed by atoms with Gasteiger partial charge in [-0.25, -0.2) is 4.79 Å². The Morgan fingerprint density at radius 1 is 1.44 bits per heavy atom. The smallest absolute Gasteiger partial charge is 0.338 e. The van der Waals surface area contributed by atoms with Crippen molar-refractivity contribution < 1.29 is 24.6 Å². The molecule has 1 aromatic carbocycles. The Kier molecular flexibility index (Phi) is 4.07. The van der Waals surface area contributed by atoms with E-state index < -0.39 is 11.1 Å². The zero-order chi connectivity index (χ0) is 12.0. The lowest BCUT2D eigenvalue weighted by molar-refractivity contribution is -0.757. The number of rotatable bonds is 5. The predicted octanol–water partition coefficient (Wildman–Crippen LogP) is 0.757. The zero-order valence-electron chi connectivity index (χ0n) is 8.16. The predicted molar refractivity (Wildman–Crippen MR) is 51.3 cm³/mol. The molecule has 0 radical (unpaired) electrons. The molecule has 0 heterocycles. The molecule has 0 aliphatic heterocycles. The minimum atomic E-state index is -0.970. The second-order valence-electron chi connectivity index (χ2n) is 2.74. The summed E-state index contributed by atoms with van der Waals surface area (Å²) in [7, 11) is 0. The van der Waals surface area contributed by atoms with Crippen molar-refractivity contribution >= 4 is 5.97 Å². The lowest BCUT2D eigenvalue weighted by atomic mass is 10.2. The number of ether oxygens (including phenoxy) is 1. The van der Waals surface area contributed by atoms with Crippen LogP contribution in [0.1, 0.15) is 10.4 Å². The van der Waals surface area contributed by atoms with Crippen molar-refractivity contribution in [2.24, 2.45) is 0 Å². The minimum Gasteiger partial charge on any atom is -0.508 e. The quantitative estimate of drug-likeness (QED) is 0.345. The van der Waals surface area contributed by atoms with E-state index in [-0.39, 0.29) is 24.5 Å². The second kappa shape index (κ2) is 5.54. The minimum absolute atomic E-state index is 0.0593. The summed E-state index contributed by atoms with van der Waals surface area (Å²) in [5.74, 6) is -0.737. The first-order valence-electron chi connectivity index (χ1n) is 4.33. The summed E-state index contributed by atoms with van der Waals surface area (Å²) >= 11 is 0. The van der Waals surface area contributed by atoms with E-state index in [4.69, 9.17) is 5.11 Å². The first-order chi connectivity index (χ1) is 7.59. The zero-order valence-corrected chi connectivity index (χ0v) is 8.16. The van der Waals surface area contributed by atoms with E-state index in [1.807, 2.05) is 0 Å². The van der Waals surface area contributed by atoms with Crippen LogP contribution in [0, 0.1) is 10.1 Å². The maximum atomic E-state index is 11.3. The number of nitrogens with zero attached hydrogens (tertiary/aromatic N) is 1. The van der Waals surface area contributed by atoms with E-state index in [1.165, 1.54) is 24.3 Å². The topological polar surface area (TPSA) is 98.9 Å². The van der Waals surface area contributed by atoms with Crippen molar-refractivity contribution in [3.63, 3.8) is 0 Å². The third-order valence-corrected chi connectivity index (χ3v) is 1.60. The van der Waals surface area contributed by atoms with Crippen molar-refractivity contribution in [2.45, 2.75) is 0 Å². The van der Waals surface area contributed by atoms with Gasteiger partial charge < -0.3 is 14.7 Å². The monoisotopic (exact) mass is 227 g/mol. The number of phenolic OH excluding ortho intramolecular Hbond substituents is 1. The van der Waals surface area contributed by atoms with Gasteiger partial charge in [-0.05, 0) is 18.2 Å². The number of phenols is 1. The van der Waals surface area contributed by atoms with Gasteiger partial charge in [-0.3, -0.25) is 0 Å². The SMILES string of the molecule is O=C(OCCO[N+](=O)[O-])c1cccc(O)c1. The lowest BCUT2D eigenvalue weighted by Crippen LogP contribution is -2.12. The normalized spacial score (nSPS) is 9.50. The molecule has 16 heavy (non-hydrogen) atoms. The summed E-state index contributed by atoms with van der Waals surface area (Å²) in [6, 6.07) is 5.58. The Morgan fingerprint density at radius 2 is 2.19 bits per heavy atom. The molecule has 0 aliphatic carbocycles. The highest BCUT2D eigenvalue weighted by molar-refractivity contribution is 5.89. The molecule has 1 rings (SSSR count). The van der Waals surface area contributed by atoms with Crippen LogP contribution in [0.25, 0.3) is 0 Å². The Bertz CT molecular complexity index is 391. The molecule has 0 fully saturated rings. The molecule has 0 saturated heterocycles. The summed E-state index contributed by atoms with van der Waals surface area (Å²) in [5, 5.41) is 17.9. The molecule has 86 valence electrons. The standard InChI is InChI=1S/C9H9NO6/c11-8-3-1-2-7(6-8)9(12)15-4-5-16-10(13)14/h1-3,6,11H,4-5H2. The van der Waals surface area contributed by atoms with Crippen LogP contribution in [0.3, 0.4) is 0 Å². The van der Waals surface area contributed by atoms with Gasteiger partial charge in [0.15, 0.2) is 0 Å². The molecule has 0 spiro atoms. The fourth-order valence-corrected chi connectivity index (χ4v) is 0.962. The number of hydrogen-bond donors (Lipinski definition) is 1. The molecule has 7 nitrogen and oxygen atoms in total. The first-order valence-corrected chi connectivity index (χ1v) is 4.33. The van der Waals surface area contributed by atoms with Gasteiger partial charge >= 0.3 is 5.97 Å². The Hall–Kier alpha value is -2.31. The summed E-state index contributed by atoms with van der Waals surface area (Å²) in [6.45, 7) is -0.549. The van der Waals surface area contributed by atoms with Crippen LogP contribution in [0.15, 0.2) is 24.3 Å². The Balaban J connectivity index is 2.38. The van der Waals surface area contributed by atoms with E-state index in [0.717, 1.165) is 0 Å². The molecule has 0 aromatic heterocycles. The van der Waals surface area contributed by atoms with Crippen LogP contribution in [-0.2, 0) is 9.57 Å². The van der Waals surface area contributed by atoms with E-state index in [9.17, 15) is 14.9 Å². The highest BCUT2D eigenvalue weighted by atomic mass is 17.0. The number of aromatic hydroxyl groups is 1. The molecule has 0 saturated carbocycles. The fourth-order valence-electron chi connectivity index (χ4n) is 0.962. The number of carbonyl (C=O) groups excluding carboxylic acids is 1. The van der Waals surface area contributed by atoms with Gasteiger partial charge in [0.2, 0.25) is 0 Å². The lowest BCUT2D eigenvalue weighted by Gasteiger charge is -2.03. The largest absolute Gasteiger partial charge is 0.508 e. The molecule has 1 N–H and O–H groups in total. The van der Waals surface area contributed by atoms with E-state index in [2.05, 4.69) is 9.57 Å². The summed E-state index contributed by atoms with van der Waals surface area (Å²) in [4.78, 5) is 25.0. The molecule has 1 aromatic rings. The number of benzene rings is 1. The van der Waals surface area contributed by atoms with E-state index in [0.29, 0.717) is 0 Å². The number of carbonyl (C=O) groups is 1. The number of esters is 1. The molecule has 0 unspecified atom stereocenters. The van der Waals surface area contributed by atoms with Gasteiger partial charge in [-0.1, -0.05) is 6.07 Å². The summed E-state index contributed by atoms with van der Waals surface area (Å²) < 4.78 is 4.65. The van der Waals surface area contributed by atoms with E-state index in [1.54, 1.807) is 0 Å². The highest BCUT2D eigenvalue weighted by Crippen LogP contribution is 2.11. The fraction of sp³-hybridized carbons (Fsp3) is 0.222. The molecular weight excluding hydrogens is 218 g/mol. The Morgan fingerprint density at radius 3 is 2.81 bits per heavy atom. The van der Waals surface area contributed by atoms with Gasteiger partial charge in [0, 0.05) is 0 Å². The van der Waals surface area contributed by atoms with Crippen LogP contribution in [0.5, 0.6) is 5.75 Å². The summed E-state index contributed by atoms with van der Waals surface area (Å²) in [6.07, 6.45) is 0. The molecule has 0 bridgehead atoms. The average Bonchev–Trinajstić information content (AvgIpc) is 2.24. The van der Waals surface area contributed by atoms with Gasteiger partial charge in [-0.15, -0.1) is 10.1 Å². The van der Waals surface area contributed by atoms with Crippen LogP contribution in [0.2, 0.25) is 0 Å². The third kappa shape index (κ3) is 3.82. The molecule has 7 heteroatoms. The maximum Gasteiger partial charge on any atom is 0.338 e. The van der Waals surface area contributed by atoms with Gasteiger partial charge in [0.05, 0.1) is 5.56 Å². The Labute approximate surface area is 90.3 Å². The molecular formula is C9H9NO6. The van der Waals surface area contributed by atoms with Crippen molar-refractivity contribution in [2.75, 3.05) is 13.2 Å². The first kappa shape index (κ1) is 11.8. The van der Waals surface area contributed by atoms with Crippen LogP contribution in [0.4, 0.5) is 0 Å². The van der Waals surface area contributed by atoms with Crippen LogP contribution in [-0.4, -0.2) is 29.4 Å². The van der Waals surface area contributed by atoms with Crippen molar-refractivity contribution in [3.8, 4) is 5.75 Å². The number of hydrogen-bond acceptors (Lipinski definition) is 6. The molecule has 0 amide bonds.